The van der Waals surface area contributed by atoms with E-state index in [1.807, 2.05) is 58.6 Å². The van der Waals surface area contributed by atoms with E-state index in [4.69, 9.17) is 10.5 Å². The van der Waals surface area contributed by atoms with Crippen LogP contribution in [0.4, 0.5) is 4.79 Å². The number of hydrogen-bond acceptors (Lipinski definition) is 4. The second kappa shape index (κ2) is 17.0. The summed E-state index contributed by atoms with van der Waals surface area (Å²) in [6.45, 7) is 29.6. The quantitative estimate of drug-likeness (QED) is 0.0907. The van der Waals surface area contributed by atoms with Gasteiger partial charge in [-0.15, -0.1) is 0 Å². The maximum absolute atomic E-state index is 13.2. The van der Waals surface area contributed by atoms with E-state index in [1.165, 1.54) is 0 Å². The van der Waals surface area contributed by atoms with Crippen LogP contribution in [0.2, 0.25) is 0 Å². The fourth-order valence-corrected chi connectivity index (χ4v) is 6.10. The van der Waals surface area contributed by atoms with Gasteiger partial charge in [-0.2, -0.15) is 0 Å². The average Bonchev–Trinajstić information content (AvgIpc) is 2.89. The maximum atomic E-state index is 13.2. The topological polar surface area (TPSA) is 85.0 Å². The minimum Gasteiger partial charge on any atom is -0.444 e. The van der Waals surface area contributed by atoms with Gasteiger partial charge in [0.1, 0.15) is 5.60 Å². The molecule has 43 heavy (non-hydrogen) atoms. The zero-order chi connectivity index (χ0) is 33.2. The first-order chi connectivity index (χ1) is 19.8. The van der Waals surface area contributed by atoms with Crippen molar-refractivity contribution in [2.24, 2.45) is 16.6 Å². The highest BCUT2D eigenvalue weighted by molar-refractivity contribution is 14.1. The van der Waals surface area contributed by atoms with Crippen molar-refractivity contribution in [3.63, 3.8) is 0 Å². The molecule has 2 amide bonds. The number of carbonyl (C=O) groups excluding carboxylic acids is 2. The second-order valence-electron chi connectivity index (χ2n) is 12.8. The van der Waals surface area contributed by atoms with Crippen LogP contribution >= 0.6 is 22.6 Å². The molecule has 7 heteroatoms. The highest BCUT2D eigenvalue weighted by atomic mass is 127. The van der Waals surface area contributed by atoms with Gasteiger partial charge in [-0.05, 0) is 119 Å². The van der Waals surface area contributed by atoms with Gasteiger partial charge in [-0.25, -0.2) is 4.79 Å². The van der Waals surface area contributed by atoms with Gasteiger partial charge < -0.3 is 15.4 Å². The summed E-state index contributed by atoms with van der Waals surface area (Å²) >= 11 is 2.38. The smallest absolute Gasteiger partial charge is 0.410 e. The van der Waals surface area contributed by atoms with E-state index in [1.54, 1.807) is 13.1 Å². The highest BCUT2D eigenvalue weighted by Gasteiger charge is 2.28. The Morgan fingerprint density at radius 2 is 1.77 bits per heavy atom. The van der Waals surface area contributed by atoms with Crippen LogP contribution in [0, 0.1) is 12.8 Å². The molecular formula is C36H54IN3O3. The second-order valence-corrected chi connectivity index (χ2v) is 14.0. The third kappa shape index (κ3) is 12.1. The van der Waals surface area contributed by atoms with Crippen LogP contribution in [0.25, 0.3) is 0 Å². The lowest BCUT2D eigenvalue weighted by Crippen LogP contribution is -2.44. The van der Waals surface area contributed by atoms with Crippen molar-refractivity contribution in [1.29, 1.82) is 0 Å². The molecule has 0 saturated carbocycles. The predicted molar refractivity (Wildman–Crippen MR) is 191 cm³/mol. The van der Waals surface area contributed by atoms with E-state index >= 15 is 0 Å². The minimum absolute atomic E-state index is 0.0309. The van der Waals surface area contributed by atoms with Gasteiger partial charge in [0.2, 0.25) is 5.91 Å². The molecule has 6 nitrogen and oxygen atoms in total. The largest absolute Gasteiger partial charge is 0.444 e. The maximum Gasteiger partial charge on any atom is 0.410 e. The molecule has 0 aliphatic carbocycles. The van der Waals surface area contributed by atoms with Crippen LogP contribution in [0.1, 0.15) is 109 Å². The predicted octanol–water partition coefficient (Wildman–Crippen LogP) is 9.49. The molecule has 0 fully saturated rings. The summed E-state index contributed by atoms with van der Waals surface area (Å²) < 4.78 is 6.81. The van der Waals surface area contributed by atoms with Crippen molar-refractivity contribution in [1.82, 2.24) is 4.90 Å². The molecule has 0 aliphatic rings. The lowest BCUT2D eigenvalue weighted by Gasteiger charge is -2.34. The zero-order valence-corrected chi connectivity index (χ0v) is 30.5. The molecule has 1 aromatic carbocycles. The molecule has 0 heterocycles. The van der Waals surface area contributed by atoms with Crippen molar-refractivity contribution in [2.75, 3.05) is 13.6 Å². The fourth-order valence-electron chi connectivity index (χ4n) is 4.85. The summed E-state index contributed by atoms with van der Waals surface area (Å²) in [7, 11) is 1.80. The third-order valence-electron chi connectivity index (χ3n) is 7.58. The van der Waals surface area contributed by atoms with E-state index in [0.717, 1.165) is 49.1 Å². The van der Waals surface area contributed by atoms with E-state index in [9.17, 15) is 9.59 Å². The van der Waals surface area contributed by atoms with E-state index < -0.39 is 11.5 Å². The summed E-state index contributed by atoms with van der Waals surface area (Å²) in [5.41, 5.74) is 12.6. The van der Waals surface area contributed by atoms with Gasteiger partial charge in [0.15, 0.2) is 0 Å². The Labute approximate surface area is 274 Å². The Bertz CT molecular complexity index is 1280. The van der Waals surface area contributed by atoms with Gasteiger partial charge >= 0.3 is 6.09 Å². The van der Waals surface area contributed by atoms with Crippen LogP contribution in [0.3, 0.4) is 0 Å². The molecule has 0 aliphatic heterocycles. The highest BCUT2D eigenvalue weighted by Crippen LogP contribution is 2.34. The number of hydrogen-bond donors (Lipinski definition) is 1. The van der Waals surface area contributed by atoms with Crippen molar-refractivity contribution in [2.45, 2.75) is 106 Å². The molecule has 1 rings (SSSR count). The lowest BCUT2D eigenvalue weighted by atomic mass is 9.89. The fraction of sp³-hybridized carbons (Fsp3) is 0.528. The van der Waals surface area contributed by atoms with Crippen molar-refractivity contribution in [3.8, 4) is 0 Å². The number of nitrogens with two attached hydrogens (primary N) is 1. The number of halogens is 1. The number of nitrogens with zero attached hydrogens (tertiary/aromatic N) is 2. The number of primary amides is 1. The molecule has 0 aromatic heterocycles. The minimum atomic E-state index is -0.566. The first-order valence-electron chi connectivity index (χ1n) is 15.1. The van der Waals surface area contributed by atoms with Gasteiger partial charge in [-0.3, -0.25) is 9.79 Å². The summed E-state index contributed by atoms with van der Waals surface area (Å²) in [4.78, 5) is 31.4. The SMILES string of the molecule is C=C(C/C(C(=C)C)=C(C(C)=NC)\C(I)=C/C(C)c1cc(C(N)=O)ccc1C)C[C@@H](C)N(C[C@@H](C)CC)C(=O)OC(C)(C)C. The van der Waals surface area contributed by atoms with E-state index in [2.05, 4.69) is 74.5 Å². The number of benzene rings is 1. The van der Waals surface area contributed by atoms with Gasteiger partial charge in [0.05, 0.1) is 0 Å². The first-order valence-corrected chi connectivity index (χ1v) is 16.2. The summed E-state index contributed by atoms with van der Waals surface area (Å²) in [5.74, 6) is -0.0538. The Morgan fingerprint density at radius 1 is 1.16 bits per heavy atom. The molecule has 1 aromatic rings. The average molecular weight is 704 g/mol. The summed E-state index contributed by atoms with van der Waals surface area (Å²) in [5, 5.41) is 0. The lowest BCUT2D eigenvalue weighted by molar-refractivity contribution is 0.0144. The zero-order valence-electron chi connectivity index (χ0n) is 28.4. The van der Waals surface area contributed by atoms with Gasteiger partial charge in [0, 0.05) is 46.0 Å². The number of allylic oxidation sites excluding steroid dienone is 5. The van der Waals surface area contributed by atoms with Gasteiger partial charge in [0.25, 0.3) is 0 Å². The monoisotopic (exact) mass is 703 g/mol. The van der Waals surface area contributed by atoms with Crippen LogP contribution in [-0.2, 0) is 4.74 Å². The molecule has 1 unspecified atom stereocenters. The molecule has 0 bridgehead atoms. The van der Waals surface area contributed by atoms with Crippen LogP contribution in [0.5, 0.6) is 0 Å². The number of rotatable bonds is 14. The number of aryl methyl sites for hydroxylation is 1. The molecular weight excluding hydrogens is 649 g/mol. The van der Waals surface area contributed by atoms with Crippen molar-refractivity contribution in [3.05, 3.63) is 80.0 Å². The molecule has 2 N–H and O–H groups in total. The first kappa shape index (κ1) is 38.3. The van der Waals surface area contributed by atoms with Crippen LogP contribution < -0.4 is 5.73 Å². The Kier molecular flexibility index (Phi) is 15.1. The molecule has 3 atom stereocenters. The van der Waals surface area contributed by atoms with Gasteiger partial charge in [-0.1, -0.05) is 63.6 Å². The Hall–Kier alpha value is -2.68. The number of aliphatic imine (C=N–C) groups is 1. The summed E-state index contributed by atoms with van der Waals surface area (Å²) in [6.07, 6.45) is 4.13. The van der Waals surface area contributed by atoms with E-state index in [0.29, 0.717) is 30.9 Å². The number of carbonyl (C=O) groups is 2. The third-order valence-corrected chi connectivity index (χ3v) is 8.48. The standard InChI is InChI=1S/C36H54IN3O3/c1-14-23(4)21-40(35(42)43-36(10,11)12)27(8)17-24(5)18-30(22(2)3)33(28(9)39-13)32(37)19-26(7)31-20-29(34(38)41)16-15-25(31)6/h15-16,19-20,23,26-27H,2,5,14,17-18,21H2,1,3-4,6-13H3,(H2,38,41)/b32-19+,33-30+,39-28?/t23-,26?,27+/m0/s1. The normalized spacial score (nSPS) is 15.3. The van der Waals surface area contributed by atoms with E-state index in [-0.39, 0.29) is 18.1 Å². The molecule has 0 radical (unpaired) electrons. The van der Waals surface area contributed by atoms with Crippen LogP contribution in [-0.4, -0.2) is 47.8 Å². The Balaban J connectivity index is 3.46. The number of amides is 2. The van der Waals surface area contributed by atoms with Crippen molar-refractivity contribution >= 4 is 40.3 Å². The number of ether oxygens (including phenoxy) is 1. The van der Waals surface area contributed by atoms with Crippen molar-refractivity contribution < 1.29 is 14.3 Å². The molecule has 0 saturated heterocycles. The van der Waals surface area contributed by atoms with Crippen LogP contribution in [0.15, 0.2) is 68.3 Å². The summed E-state index contributed by atoms with van der Waals surface area (Å²) in [6, 6.07) is 5.50. The molecule has 0 spiro atoms. The molecule has 238 valence electrons. The Morgan fingerprint density at radius 3 is 2.26 bits per heavy atom.